The second kappa shape index (κ2) is 10.4. The van der Waals surface area contributed by atoms with E-state index in [4.69, 9.17) is 18.9 Å². The summed E-state index contributed by atoms with van der Waals surface area (Å²) in [5.74, 6) is 1.37. The number of benzene rings is 1. The second-order valence-corrected chi connectivity index (χ2v) is 6.04. The van der Waals surface area contributed by atoms with Gasteiger partial charge in [-0.05, 0) is 26.0 Å². The highest BCUT2D eigenvalue weighted by atomic mass is 32.1. The standard InChI is InChI=1S/C18H23N3O5S/c1-5-25-16(22)9-13-11-27-18(20-13)21-19-10-12-7-14(23-3)17(26-6-2)15(8-12)24-4/h7-8,10-11H,5-6,9H2,1-4H3,(H,20,21). The Balaban J connectivity index is 2.06. The Kier molecular flexibility index (Phi) is 7.87. The molecule has 27 heavy (non-hydrogen) atoms. The average Bonchev–Trinajstić information content (AvgIpc) is 3.09. The lowest BCUT2D eigenvalue weighted by atomic mass is 10.2. The summed E-state index contributed by atoms with van der Waals surface area (Å²) in [6.07, 6.45) is 1.76. The van der Waals surface area contributed by atoms with Gasteiger partial charge >= 0.3 is 5.97 Å². The number of methoxy groups -OCH3 is 2. The molecule has 1 N–H and O–H groups in total. The number of hydrazone groups is 1. The molecule has 146 valence electrons. The van der Waals surface area contributed by atoms with Crippen molar-refractivity contribution in [1.82, 2.24) is 4.98 Å². The Bertz CT molecular complexity index is 766. The van der Waals surface area contributed by atoms with E-state index in [1.807, 2.05) is 6.92 Å². The fraction of sp³-hybridized carbons (Fsp3) is 0.389. The van der Waals surface area contributed by atoms with Gasteiger partial charge in [0.05, 0.1) is 45.8 Å². The minimum absolute atomic E-state index is 0.142. The minimum Gasteiger partial charge on any atom is -0.493 e. The first-order chi connectivity index (χ1) is 13.1. The Hall–Kier alpha value is -2.81. The number of carbonyl (C=O) groups excluding carboxylic acids is 1. The summed E-state index contributed by atoms with van der Waals surface area (Å²) < 4.78 is 21.2. The summed E-state index contributed by atoms with van der Waals surface area (Å²) in [4.78, 5) is 15.8. The maximum absolute atomic E-state index is 11.5. The predicted octanol–water partition coefficient (Wildman–Crippen LogP) is 3.11. The van der Waals surface area contributed by atoms with Gasteiger partial charge in [-0.2, -0.15) is 5.10 Å². The predicted molar refractivity (Wildman–Crippen MR) is 104 cm³/mol. The number of carbonyl (C=O) groups is 1. The molecule has 0 amide bonds. The highest BCUT2D eigenvalue weighted by Gasteiger charge is 2.13. The van der Waals surface area contributed by atoms with E-state index in [0.717, 1.165) is 5.56 Å². The second-order valence-electron chi connectivity index (χ2n) is 5.18. The molecule has 0 unspecified atom stereocenters. The first-order valence-electron chi connectivity index (χ1n) is 8.39. The average molecular weight is 393 g/mol. The lowest BCUT2D eigenvalue weighted by molar-refractivity contribution is -0.142. The van der Waals surface area contributed by atoms with Crippen LogP contribution in [-0.2, 0) is 16.0 Å². The molecule has 2 rings (SSSR count). The molecule has 0 atom stereocenters. The number of aromatic nitrogens is 1. The van der Waals surface area contributed by atoms with Crippen LogP contribution >= 0.6 is 11.3 Å². The van der Waals surface area contributed by atoms with Crippen LogP contribution in [0.3, 0.4) is 0 Å². The van der Waals surface area contributed by atoms with Gasteiger partial charge < -0.3 is 18.9 Å². The maximum Gasteiger partial charge on any atom is 0.311 e. The largest absolute Gasteiger partial charge is 0.493 e. The van der Waals surface area contributed by atoms with Gasteiger partial charge in [-0.1, -0.05) is 0 Å². The van der Waals surface area contributed by atoms with Crippen molar-refractivity contribution in [2.45, 2.75) is 20.3 Å². The van der Waals surface area contributed by atoms with Crippen LogP contribution in [0.15, 0.2) is 22.6 Å². The molecular weight excluding hydrogens is 370 g/mol. The van der Waals surface area contributed by atoms with Gasteiger partial charge in [-0.15, -0.1) is 11.3 Å². The molecule has 9 heteroatoms. The molecule has 1 aromatic carbocycles. The summed E-state index contributed by atoms with van der Waals surface area (Å²) in [6, 6.07) is 3.60. The number of nitrogens with zero attached hydrogens (tertiary/aromatic N) is 2. The van der Waals surface area contributed by atoms with Crippen molar-refractivity contribution in [3.63, 3.8) is 0 Å². The number of hydrogen-bond acceptors (Lipinski definition) is 9. The van der Waals surface area contributed by atoms with E-state index in [0.29, 0.717) is 41.3 Å². The van der Waals surface area contributed by atoms with E-state index >= 15 is 0 Å². The van der Waals surface area contributed by atoms with Crippen LogP contribution in [0.4, 0.5) is 5.13 Å². The molecular formula is C18H23N3O5S. The zero-order valence-electron chi connectivity index (χ0n) is 15.8. The molecule has 0 aliphatic heterocycles. The minimum atomic E-state index is -0.300. The smallest absolute Gasteiger partial charge is 0.311 e. The molecule has 0 saturated carbocycles. The number of anilines is 1. The van der Waals surface area contributed by atoms with Crippen molar-refractivity contribution in [3.05, 3.63) is 28.8 Å². The van der Waals surface area contributed by atoms with Gasteiger partial charge in [0.1, 0.15) is 0 Å². The van der Waals surface area contributed by atoms with Crippen LogP contribution in [0.5, 0.6) is 17.2 Å². The topological polar surface area (TPSA) is 91.3 Å². The van der Waals surface area contributed by atoms with Crippen LogP contribution < -0.4 is 19.6 Å². The Labute approximate surface area is 162 Å². The van der Waals surface area contributed by atoms with Crippen LogP contribution in [0.2, 0.25) is 0 Å². The van der Waals surface area contributed by atoms with E-state index < -0.39 is 0 Å². The van der Waals surface area contributed by atoms with Gasteiger partial charge in [0.25, 0.3) is 0 Å². The van der Waals surface area contributed by atoms with Crippen molar-refractivity contribution in [1.29, 1.82) is 0 Å². The van der Waals surface area contributed by atoms with Gasteiger partial charge in [0, 0.05) is 10.9 Å². The van der Waals surface area contributed by atoms with E-state index in [9.17, 15) is 4.79 Å². The van der Waals surface area contributed by atoms with E-state index in [2.05, 4.69) is 15.5 Å². The number of ether oxygens (including phenoxy) is 4. The molecule has 8 nitrogen and oxygen atoms in total. The van der Waals surface area contributed by atoms with Crippen molar-refractivity contribution < 1.29 is 23.7 Å². The van der Waals surface area contributed by atoms with Gasteiger partial charge in [-0.25, -0.2) is 4.98 Å². The molecule has 0 fully saturated rings. The molecule has 0 aliphatic rings. The first-order valence-corrected chi connectivity index (χ1v) is 9.27. The molecule has 0 radical (unpaired) electrons. The molecule has 2 aromatic rings. The third-order valence-corrected chi connectivity index (χ3v) is 4.12. The highest BCUT2D eigenvalue weighted by Crippen LogP contribution is 2.38. The van der Waals surface area contributed by atoms with Gasteiger partial charge in [0.2, 0.25) is 10.9 Å². The fourth-order valence-electron chi connectivity index (χ4n) is 2.22. The van der Waals surface area contributed by atoms with Crippen LogP contribution in [0.25, 0.3) is 0 Å². The molecule has 1 aromatic heterocycles. The number of rotatable bonds is 10. The number of nitrogens with one attached hydrogen (secondary N) is 1. The number of esters is 1. The highest BCUT2D eigenvalue weighted by molar-refractivity contribution is 7.13. The molecule has 0 bridgehead atoms. The zero-order chi connectivity index (χ0) is 19.6. The Morgan fingerprint density at radius 3 is 2.52 bits per heavy atom. The SMILES string of the molecule is CCOC(=O)Cc1csc(NN=Cc2cc(OC)c(OCC)c(OC)c2)n1. The van der Waals surface area contributed by atoms with Crippen molar-refractivity contribution in [2.24, 2.45) is 5.10 Å². The Morgan fingerprint density at radius 1 is 1.22 bits per heavy atom. The van der Waals surface area contributed by atoms with Crippen molar-refractivity contribution in [3.8, 4) is 17.2 Å². The fourth-order valence-corrected chi connectivity index (χ4v) is 2.88. The summed E-state index contributed by atoms with van der Waals surface area (Å²) in [5.41, 5.74) is 4.25. The molecule has 0 aliphatic carbocycles. The van der Waals surface area contributed by atoms with Gasteiger partial charge in [-0.3, -0.25) is 10.2 Å². The third kappa shape index (κ3) is 5.85. The van der Waals surface area contributed by atoms with Crippen LogP contribution in [0, 0.1) is 0 Å². The van der Waals surface area contributed by atoms with Crippen molar-refractivity contribution in [2.75, 3.05) is 32.9 Å². The van der Waals surface area contributed by atoms with E-state index in [1.165, 1.54) is 11.3 Å². The summed E-state index contributed by atoms with van der Waals surface area (Å²) in [5, 5.41) is 6.54. The summed E-state index contributed by atoms with van der Waals surface area (Å²) >= 11 is 1.36. The molecule has 0 saturated heterocycles. The monoisotopic (exact) mass is 393 g/mol. The van der Waals surface area contributed by atoms with E-state index in [1.54, 1.807) is 44.9 Å². The Morgan fingerprint density at radius 2 is 1.93 bits per heavy atom. The number of thiazole rings is 1. The van der Waals surface area contributed by atoms with Crippen LogP contribution in [-0.4, -0.2) is 44.6 Å². The van der Waals surface area contributed by atoms with Crippen molar-refractivity contribution >= 4 is 28.7 Å². The third-order valence-electron chi connectivity index (χ3n) is 3.33. The quantitative estimate of drug-likeness (QED) is 0.377. The van der Waals surface area contributed by atoms with E-state index in [-0.39, 0.29) is 12.4 Å². The number of hydrogen-bond donors (Lipinski definition) is 1. The maximum atomic E-state index is 11.5. The molecule has 0 spiro atoms. The lowest BCUT2D eigenvalue weighted by Crippen LogP contribution is -2.07. The lowest BCUT2D eigenvalue weighted by Gasteiger charge is -2.14. The summed E-state index contributed by atoms with van der Waals surface area (Å²) in [7, 11) is 3.13. The van der Waals surface area contributed by atoms with Crippen LogP contribution in [0.1, 0.15) is 25.1 Å². The zero-order valence-corrected chi connectivity index (χ0v) is 16.6. The molecule has 1 heterocycles. The van der Waals surface area contributed by atoms with Gasteiger partial charge in [0.15, 0.2) is 11.5 Å². The normalized spacial score (nSPS) is 10.7. The first kappa shape index (κ1) is 20.5. The summed E-state index contributed by atoms with van der Waals surface area (Å²) in [6.45, 7) is 4.52.